The molecule has 0 aliphatic rings. The van der Waals surface area contributed by atoms with Crippen molar-refractivity contribution < 1.29 is 9.26 Å². The maximum absolute atomic E-state index is 5.80. The predicted molar refractivity (Wildman–Crippen MR) is 82.1 cm³/mol. The molecule has 0 spiro atoms. The zero-order valence-electron chi connectivity index (χ0n) is 11.7. The van der Waals surface area contributed by atoms with Gasteiger partial charge in [0.15, 0.2) is 0 Å². The molecule has 0 aliphatic carbocycles. The summed E-state index contributed by atoms with van der Waals surface area (Å²) in [6, 6.07) is 11.7. The van der Waals surface area contributed by atoms with Crippen molar-refractivity contribution in [1.29, 1.82) is 0 Å². The molecule has 3 aromatic rings. The third-order valence-corrected chi connectivity index (χ3v) is 4.20. The van der Waals surface area contributed by atoms with Gasteiger partial charge in [-0.15, -0.1) is 11.3 Å². The number of benzene rings is 1. The van der Waals surface area contributed by atoms with Crippen LogP contribution in [0.5, 0.6) is 0 Å². The summed E-state index contributed by atoms with van der Waals surface area (Å²) in [7, 11) is 1.63. The number of aromatic nitrogens is 2. The van der Waals surface area contributed by atoms with E-state index in [0.717, 1.165) is 21.0 Å². The van der Waals surface area contributed by atoms with Crippen LogP contribution in [0.4, 0.5) is 5.00 Å². The highest BCUT2D eigenvalue weighted by Gasteiger charge is 2.21. The SMILES string of the molecule is COC(c1ccccc1)c1noc(-c2sc(N)cc2C)n1. The number of nitrogens with zero attached hydrogens (tertiary/aromatic N) is 2. The van der Waals surface area contributed by atoms with Crippen LogP contribution in [0.3, 0.4) is 0 Å². The summed E-state index contributed by atoms with van der Waals surface area (Å²) in [5, 5.41) is 4.78. The lowest BCUT2D eigenvalue weighted by atomic mass is 10.1. The van der Waals surface area contributed by atoms with E-state index in [9.17, 15) is 0 Å². The van der Waals surface area contributed by atoms with Crippen LogP contribution in [0, 0.1) is 6.92 Å². The lowest BCUT2D eigenvalue weighted by molar-refractivity contribution is 0.126. The van der Waals surface area contributed by atoms with E-state index in [2.05, 4.69) is 10.1 Å². The summed E-state index contributed by atoms with van der Waals surface area (Å²) in [5.74, 6) is 0.979. The van der Waals surface area contributed by atoms with Crippen LogP contribution in [0.15, 0.2) is 40.9 Å². The van der Waals surface area contributed by atoms with E-state index in [1.54, 1.807) is 7.11 Å². The molecule has 2 N–H and O–H groups in total. The second-order valence-corrected chi connectivity index (χ2v) is 5.73. The Morgan fingerprint density at radius 1 is 1.29 bits per heavy atom. The van der Waals surface area contributed by atoms with E-state index < -0.39 is 0 Å². The van der Waals surface area contributed by atoms with Gasteiger partial charge in [0.2, 0.25) is 5.82 Å². The molecule has 21 heavy (non-hydrogen) atoms. The second-order valence-electron chi connectivity index (χ2n) is 4.65. The molecule has 1 aromatic carbocycles. The topological polar surface area (TPSA) is 74.2 Å². The number of anilines is 1. The fraction of sp³-hybridized carbons (Fsp3) is 0.200. The Kier molecular flexibility index (Phi) is 3.72. The Labute approximate surface area is 126 Å². The summed E-state index contributed by atoms with van der Waals surface area (Å²) >= 11 is 1.44. The molecule has 6 heteroatoms. The Bertz CT molecular complexity index is 736. The number of hydrogen-bond donors (Lipinski definition) is 1. The summed E-state index contributed by atoms with van der Waals surface area (Å²) in [6.07, 6.45) is -0.346. The number of aryl methyl sites for hydroxylation is 1. The first kappa shape index (κ1) is 13.8. The molecule has 0 radical (unpaired) electrons. The lowest BCUT2D eigenvalue weighted by Crippen LogP contribution is -2.05. The van der Waals surface area contributed by atoms with E-state index in [1.165, 1.54) is 11.3 Å². The summed E-state index contributed by atoms with van der Waals surface area (Å²) in [6.45, 7) is 1.97. The van der Waals surface area contributed by atoms with Crippen LogP contribution >= 0.6 is 11.3 Å². The molecule has 3 rings (SSSR count). The highest BCUT2D eigenvalue weighted by Crippen LogP contribution is 2.34. The molecule has 0 saturated heterocycles. The fourth-order valence-corrected chi connectivity index (χ4v) is 3.03. The van der Waals surface area contributed by atoms with E-state index in [-0.39, 0.29) is 6.10 Å². The maximum atomic E-state index is 5.80. The van der Waals surface area contributed by atoms with Gasteiger partial charge < -0.3 is 15.0 Å². The molecule has 108 valence electrons. The van der Waals surface area contributed by atoms with Crippen LogP contribution in [0.2, 0.25) is 0 Å². The normalized spacial score (nSPS) is 12.5. The maximum Gasteiger partial charge on any atom is 0.268 e. The number of ether oxygens (including phenoxy) is 1. The van der Waals surface area contributed by atoms with Crippen LogP contribution in [-0.4, -0.2) is 17.3 Å². The largest absolute Gasteiger partial charge is 0.391 e. The first-order valence-corrected chi connectivity index (χ1v) is 7.28. The molecule has 0 aliphatic heterocycles. The zero-order valence-corrected chi connectivity index (χ0v) is 12.6. The number of methoxy groups -OCH3 is 1. The van der Waals surface area contributed by atoms with Gasteiger partial charge in [-0.25, -0.2) is 0 Å². The molecule has 0 saturated carbocycles. The van der Waals surface area contributed by atoms with Gasteiger partial charge in [0.05, 0.1) is 9.88 Å². The zero-order chi connectivity index (χ0) is 14.8. The molecule has 2 aromatic heterocycles. The van der Waals surface area contributed by atoms with E-state index in [0.29, 0.717) is 11.7 Å². The van der Waals surface area contributed by atoms with Gasteiger partial charge in [0.25, 0.3) is 5.89 Å². The van der Waals surface area contributed by atoms with Crippen LogP contribution in [-0.2, 0) is 4.74 Å². The molecular formula is C15H15N3O2S. The number of nitrogen functional groups attached to an aromatic ring is 1. The number of hydrogen-bond acceptors (Lipinski definition) is 6. The van der Waals surface area contributed by atoms with Gasteiger partial charge in [0, 0.05) is 7.11 Å². The average molecular weight is 301 g/mol. The van der Waals surface area contributed by atoms with Crippen molar-refractivity contribution in [1.82, 2.24) is 10.1 Å². The van der Waals surface area contributed by atoms with Crippen LogP contribution in [0.25, 0.3) is 10.8 Å². The van der Waals surface area contributed by atoms with Crippen molar-refractivity contribution in [3.8, 4) is 10.8 Å². The summed E-state index contributed by atoms with van der Waals surface area (Å²) in [4.78, 5) is 5.35. The predicted octanol–water partition coefficient (Wildman–Crippen LogP) is 3.42. The smallest absolute Gasteiger partial charge is 0.268 e. The fourth-order valence-electron chi connectivity index (χ4n) is 2.17. The molecular weight excluding hydrogens is 286 g/mol. The Balaban J connectivity index is 1.95. The minimum absolute atomic E-state index is 0.346. The molecule has 0 fully saturated rings. The van der Waals surface area contributed by atoms with Crippen LogP contribution in [0.1, 0.15) is 23.1 Å². The molecule has 1 unspecified atom stereocenters. The highest BCUT2D eigenvalue weighted by molar-refractivity contribution is 7.19. The number of thiophene rings is 1. The third kappa shape index (κ3) is 2.68. The van der Waals surface area contributed by atoms with Crippen molar-refractivity contribution in [2.24, 2.45) is 0 Å². The summed E-state index contributed by atoms with van der Waals surface area (Å²) < 4.78 is 10.9. The molecule has 2 heterocycles. The van der Waals surface area contributed by atoms with Gasteiger partial charge in [-0.05, 0) is 24.1 Å². The highest BCUT2D eigenvalue weighted by atomic mass is 32.1. The van der Waals surface area contributed by atoms with E-state index >= 15 is 0 Å². The Morgan fingerprint density at radius 3 is 2.67 bits per heavy atom. The summed E-state index contributed by atoms with van der Waals surface area (Å²) in [5.41, 5.74) is 7.81. The second kappa shape index (κ2) is 5.67. The quantitative estimate of drug-likeness (QED) is 0.799. The molecule has 0 amide bonds. The Hall–Kier alpha value is -2.18. The first-order valence-electron chi connectivity index (χ1n) is 6.46. The van der Waals surface area contributed by atoms with Gasteiger partial charge in [-0.3, -0.25) is 0 Å². The van der Waals surface area contributed by atoms with Gasteiger partial charge in [-0.2, -0.15) is 4.98 Å². The van der Waals surface area contributed by atoms with Gasteiger partial charge >= 0.3 is 0 Å². The van der Waals surface area contributed by atoms with Gasteiger partial charge in [-0.1, -0.05) is 35.5 Å². The van der Waals surface area contributed by atoms with Gasteiger partial charge in [0.1, 0.15) is 6.10 Å². The first-order chi connectivity index (χ1) is 10.2. The monoisotopic (exact) mass is 301 g/mol. The number of rotatable bonds is 4. The van der Waals surface area contributed by atoms with Crippen molar-refractivity contribution in [2.75, 3.05) is 12.8 Å². The standard InChI is InChI=1S/C15H15N3O2S/c1-9-8-11(16)21-13(9)15-17-14(18-20-15)12(19-2)10-6-4-3-5-7-10/h3-8,12H,16H2,1-2H3. The van der Waals surface area contributed by atoms with E-state index in [1.807, 2.05) is 43.3 Å². The van der Waals surface area contributed by atoms with Crippen molar-refractivity contribution in [3.63, 3.8) is 0 Å². The van der Waals surface area contributed by atoms with Crippen molar-refractivity contribution in [3.05, 3.63) is 53.3 Å². The third-order valence-electron chi connectivity index (χ3n) is 3.15. The molecule has 5 nitrogen and oxygen atoms in total. The number of nitrogens with two attached hydrogens (primary N) is 1. The van der Waals surface area contributed by atoms with Crippen LogP contribution < -0.4 is 5.73 Å². The minimum atomic E-state index is -0.346. The minimum Gasteiger partial charge on any atom is -0.391 e. The van der Waals surface area contributed by atoms with Crippen molar-refractivity contribution in [2.45, 2.75) is 13.0 Å². The van der Waals surface area contributed by atoms with E-state index in [4.69, 9.17) is 15.0 Å². The molecule has 0 bridgehead atoms. The van der Waals surface area contributed by atoms with Crippen molar-refractivity contribution >= 4 is 16.3 Å². The Morgan fingerprint density at radius 2 is 2.05 bits per heavy atom. The lowest BCUT2D eigenvalue weighted by Gasteiger charge is -2.10. The molecule has 1 atom stereocenters. The average Bonchev–Trinajstić information content (AvgIpc) is 3.08.